The molecular weight excluding hydrogens is 514 g/mol. The van der Waals surface area contributed by atoms with Crippen LogP contribution in [-0.2, 0) is 16.0 Å². The molecule has 2 aromatic carbocycles. The summed E-state index contributed by atoms with van der Waals surface area (Å²) in [5, 5.41) is 21.7. The molecule has 8 N–H and O–H groups in total. The average Bonchev–Trinajstić information content (AvgIpc) is 2.98. The Morgan fingerprint density at radius 3 is 2.12 bits per heavy atom. The van der Waals surface area contributed by atoms with E-state index >= 15 is 0 Å². The second-order valence-corrected chi connectivity index (χ2v) is 11.7. The lowest BCUT2D eigenvalue weighted by atomic mass is 9.82. The fourth-order valence-corrected chi connectivity index (χ4v) is 6.07. The predicted molar refractivity (Wildman–Crippen MR) is 163 cm³/mol. The summed E-state index contributed by atoms with van der Waals surface area (Å²) in [7, 11) is 0. The number of guanidine groups is 1. The topological polar surface area (TPSA) is 161 Å². The van der Waals surface area contributed by atoms with Gasteiger partial charge in [-0.15, -0.1) is 0 Å². The number of nitrogens with two attached hydrogens (primary N) is 2. The maximum absolute atomic E-state index is 14.0. The number of amidine groups is 1. The van der Waals surface area contributed by atoms with Crippen LogP contribution in [-0.4, -0.2) is 54.2 Å². The molecule has 0 radical (unpaired) electrons. The van der Waals surface area contributed by atoms with E-state index in [1.165, 1.54) is 0 Å². The molecule has 1 heterocycles. The fraction of sp³-hybridized carbons (Fsp3) is 0.500. The minimum atomic E-state index is -0.576. The number of aryl methyl sites for hydroxylation is 1. The Balaban J connectivity index is 1.49. The summed E-state index contributed by atoms with van der Waals surface area (Å²) in [4.78, 5) is 29.5. The third kappa shape index (κ3) is 8.31. The van der Waals surface area contributed by atoms with Crippen LogP contribution in [0.4, 0.5) is 0 Å². The molecule has 1 saturated heterocycles. The summed E-state index contributed by atoms with van der Waals surface area (Å²) < 4.78 is 0. The van der Waals surface area contributed by atoms with Gasteiger partial charge < -0.3 is 27.0 Å². The Labute approximate surface area is 243 Å². The van der Waals surface area contributed by atoms with Gasteiger partial charge in [0.05, 0.1) is 5.92 Å². The number of nitrogen functional groups attached to an aromatic ring is 1. The molecule has 2 amide bonds. The van der Waals surface area contributed by atoms with Crippen LogP contribution in [0, 0.1) is 29.6 Å². The molecule has 1 saturated carbocycles. The lowest BCUT2D eigenvalue weighted by Gasteiger charge is -2.34. The number of amides is 2. The highest BCUT2D eigenvalue weighted by Gasteiger charge is 2.34. The molecule has 2 unspecified atom stereocenters. The van der Waals surface area contributed by atoms with Gasteiger partial charge in [0.15, 0.2) is 5.96 Å². The molecule has 9 heteroatoms. The summed E-state index contributed by atoms with van der Waals surface area (Å²) in [6.45, 7) is 4.04. The zero-order chi connectivity index (χ0) is 29.4. The van der Waals surface area contributed by atoms with Gasteiger partial charge in [0.25, 0.3) is 0 Å². The highest BCUT2D eigenvalue weighted by molar-refractivity contribution is 5.95. The van der Waals surface area contributed by atoms with E-state index in [4.69, 9.17) is 22.3 Å². The van der Waals surface area contributed by atoms with E-state index in [0.29, 0.717) is 24.4 Å². The summed E-state index contributed by atoms with van der Waals surface area (Å²) in [6.07, 6.45) is 7.37. The van der Waals surface area contributed by atoms with E-state index in [1.807, 2.05) is 48.2 Å². The molecule has 0 spiro atoms. The summed E-state index contributed by atoms with van der Waals surface area (Å²) >= 11 is 0. The number of hydrogen-bond donors (Lipinski definition) is 6. The van der Waals surface area contributed by atoms with Crippen molar-refractivity contribution in [1.29, 1.82) is 10.8 Å². The summed E-state index contributed by atoms with van der Waals surface area (Å²) in [5.41, 5.74) is 14.9. The lowest BCUT2D eigenvalue weighted by molar-refractivity contribution is -0.131. The number of piperidine rings is 1. The van der Waals surface area contributed by atoms with Crippen molar-refractivity contribution in [3.05, 3.63) is 70.8 Å². The summed E-state index contributed by atoms with van der Waals surface area (Å²) in [6, 6.07) is 14.9. The molecule has 0 bridgehead atoms. The van der Waals surface area contributed by atoms with E-state index in [9.17, 15) is 9.59 Å². The number of nitrogens with one attached hydrogen (secondary N) is 4. The molecule has 220 valence electrons. The van der Waals surface area contributed by atoms with Gasteiger partial charge in [0, 0.05) is 25.2 Å². The van der Waals surface area contributed by atoms with Gasteiger partial charge >= 0.3 is 0 Å². The fourth-order valence-electron chi connectivity index (χ4n) is 6.07. The van der Waals surface area contributed by atoms with Gasteiger partial charge in [0.1, 0.15) is 11.9 Å². The lowest BCUT2D eigenvalue weighted by Crippen LogP contribution is -2.53. The minimum absolute atomic E-state index is 0.00937. The van der Waals surface area contributed by atoms with Crippen LogP contribution in [0.25, 0.3) is 0 Å². The SMILES string of the molecule is Cc1ccc(C(Cc2ccc(C(=N)N)cc2)C(=O)NC(C(=O)NCC2CCN(C(=N)N)CC2)C2CCCCC2)cc1. The zero-order valence-corrected chi connectivity index (χ0v) is 24.1. The summed E-state index contributed by atoms with van der Waals surface area (Å²) in [5.74, 6) is -0.164. The van der Waals surface area contributed by atoms with Crippen LogP contribution in [0.2, 0.25) is 0 Å². The van der Waals surface area contributed by atoms with Gasteiger partial charge in [-0.2, -0.15) is 0 Å². The average molecular weight is 560 g/mol. The quantitative estimate of drug-likeness (QED) is 0.194. The minimum Gasteiger partial charge on any atom is -0.384 e. The number of carbonyl (C=O) groups is 2. The molecule has 4 rings (SSSR count). The van der Waals surface area contributed by atoms with E-state index < -0.39 is 12.0 Å². The van der Waals surface area contributed by atoms with E-state index in [-0.39, 0.29) is 29.5 Å². The van der Waals surface area contributed by atoms with E-state index in [0.717, 1.165) is 74.7 Å². The van der Waals surface area contributed by atoms with Crippen LogP contribution in [0.15, 0.2) is 48.5 Å². The van der Waals surface area contributed by atoms with Crippen LogP contribution < -0.4 is 22.1 Å². The number of nitrogens with zero attached hydrogens (tertiary/aromatic N) is 1. The first kappa shape index (κ1) is 30.1. The first-order chi connectivity index (χ1) is 19.7. The van der Waals surface area contributed by atoms with Crippen molar-refractivity contribution < 1.29 is 9.59 Å². The molecular formula is C32H45N7O2. The van der Waals surface area contributed by atoms with Gasteiger partial charge in [-0.1, -0.05) is 73.4 Å². The van der Waals surface area contributed by atoms with Crippen molar-refractivity contribution in [3.63, 3.8) is 0 Å². The predicted octanol–water partition coefficient (Wildman–Crippen LogP) is 3.39. The van der Waals surface area contributed by atoms with Crippen molar-refractivity contribution in [1.82, 2.24) is 15.5 Å². The largest absolute Gasteiger partial charge is 0.384 e. The molecule has 1 aliphatic heterocycles. The van der Waals surface area contributed by atoms with Crippen molar-refractivity contribution in [3.8, 4) is 0 Å². The Morgan fingerprint density at radius 1 is 0.902 bits per heavy atom. The second-order valence-electron chi connectivity index (χ2n) is 11.7. The molecule has 2 aromatic rings. The smallest absolute Gasteiger partial charge is 0.242 e. The standard InChI is InChI=1S/C32H45N7O2/c1-21-7-11-24(12-8-21)27(19-22-9-13-26(14-10-22)29(33)34)30(40)38-28(25-5-3-2-4-6-25)31(41)37-20-23-15-17-39(18-16-23)32(35)36/h7-14,23,25,27-28H,2-6,15-20H2,1H3,(H3,33,34)(H3,35,36)(H,37,41)(H,38,40). The van der Waals surface area contributed by atoms with Crippen molar-refractivity contribution >= 4 is 23.6 Å². The van der Waals surface area contributed by atoms with Crippen LogP contribution in [0.5, 0.6) is 0 Å². The first-order valence-electron chi connectivity index (χ1n) is 14.9. The molecule has 2 atom stereocenters. The number of benzene rings is 2. The van der Waals surface area contributed by atoms with Crippen LogP contribution >= 0.6 is 0 Å². The number of likely N-dealkylation sites (tertiary alicyclic amines) is 1. The van der Waals surface area contributed by atoms with Gasteiger partial charge in [-0.05, 0) is 62.0 Å². The molecule has 41 heavy (non-hydrogen) atoms. The maximum Gasteiger partial charge on any atom is 0.242 e. The van der Waals surface area contributed by atoms with E-state index in [2.05, 4.69) is 10.6 Å². The Hall–Kier alpha value is -3.88. The Morgan fingerprint density at radius 2 is 1.54 bits per heavy atom. The van der Waals surface area contributed by atoms with Gasteiger partial charge in [-0.25, -0.2) is 0 Å². The Kier molecular flexibility index (Phi) is 10.4. The maximum atomic E-state index is 14.0. The molecule has 0 aromatic heterocycles. The first-order valence-corrected chi connectivity index (χ1v) is 14.9. The number of rotatable bonds is 10. The molecule has 2 fully saturated rings. The normalized spacial score (nSPS) is 17.8. The number of hydrogen-bond acceptors (Lipinski definition) is 4. The highest BCUT2D eigenvalue weighted by Crippen LogP contribution is 2.29. The molecule has 2 aliphatic rings. The molecule has 1 aliphatic carbocycles. The highest BCUT2D eigenvalue weighted by atomic mass is 16.2. The monoisotopic (exact) mass is 559 g/mol. The van der Waals surface area contributed by atoms with Crippen LogP contribution in [0.1, 0.15) is 73.1 Å². The van der Waals surface area contributed by atoms with Gasteiger partial charge in [0.2, 0.25) is 11.8 Å². The van der Waals surface area contributed by atoms with E-state index in [1.54, 1.807) is 12.1 Å². The van der Waals surface area contributed by atoms with Crippen LogP contribution in [0.3, 0.4) is 0 Å². The van der Waals surface area contributed by atoms with Crippen molar-refractivity contribution in [2.24, 2.45) is 23.3 Å². The third-order valence-electron chi connectivity index (χ3n) is 8.72. The Bertz CT molecular complexity index is 1200. The zero-order valence-electron chi connectivity index (χ0n) is 24.1. The second kappa shape index (κ2) is 14.1. The van der Waals surface area contributed by atoms with Crippen molar-refractivity contribution in [2.45, 2.75) is 70.3 Å². The van der Waals surface area contributed by atoms with Crippen molar-refractivity contribution in [2.75, 3.05) is 19.6 Å². The van der Waals surface area contributed by atoms with Gasteiger partial charge in [-0.3, -0.25) is 20.4 Å². The molecule has 9 nitrogen and oxygen atoms in total. The third-order valence-corrected chi connectivity index (χ3v) is 8.72. The number of carbonyl (C=O) groups excluding carboxylic acids is 2.